The Morgan fingerprint density at radius 3 is 1.88 bits per heavy atom. The van der Waals surface area contributed by atoms with Crippen LogP contribution in [0, 0.1) is 0 Å². The van der Waals surface area contributed by atoms with Crippen molar-refractivity contribution in [3.8, 4) is 0 Å². The minimum atomic E-state index is -5.30. The van der Waals surface area contributed by atoms with E-state index in [4.69, 9.17) is 0 Å². The van der Waals surface area contributed by atoms with Gasteiger partial charge in [0.25, 0.3) is 5.83 Å². The summed E-state index contributed by atoms with van der Waals surface area (Å²) in [5.41, 5.74) is 0. The van der Waals surface area contributed by atoms with E-state index in [0.717, 1.165) is 6.92 Å². The first-order valence-corrected chi connectivity index (χ1v) is 3.92. The summed E-state index contributed by atoms with van der Waals surface area (Å²) in [6.45, 7) is 0.357. The highest BCUT2D eigenvalue weighted by atomic mass is 19.4. The summed E-state index contributed by atoms with van der Waals surface area (Å²) in [6, 6.07) is 0. The summed E-state index contributed by atoms with van der Waals surface area (Å²) >= 11 is 0. The molecular formula is C7H8F7NO. The number of nitrogens with zero attached hydrogens (tertiary/aromatic N) is 1. The van der Waals surface area contributed by atoms with Crippen LogP contribution < -0.4 is 0 Å². The van der Waals surface area contributed by atoms with Crippen LogP contribution in [0.2, 0.25) is 0 Å². The molecular weight excluding hydrogens is 247 g/mol. The van der Waals surface area contributed by atoms with Crippen molar-refractivity contribution in [2.75, 3.05) is 13.7 Å². The van der Waals surface area contributed by atoms with Crippen molar-refractivity contribution in [1.82, 2.24) is 4.90 Å². The number of hydrogen-bond donors (Lipinski definition) is 0. The normalized spacial score (nSPS) is 14.8. The van der Waals surface area contributed by atoms with E-state index in [9.17, 15) is 30.7 Å². The standard InChI is InChI=1S/C7H8F7NO/c1-3-16-6(10,11)4(8)5(9)15(2)7(12,13)14/h3H2,1-2H3/b5-4-. The second kappa shape index (κ2) is 4.89. The van der Waals surface area contributed by atoms with Gasteiger partial charge in [-0.05, 0) is 6.92 Å². The molecule has 0 N–H and O–H groups in total. The molecule has 0 atom stereocenters. The Balaban J connectivity index is 5.10. The predicted molar refractivity (Wildman–Crippen MR) is 39.6 cm³/mol. The van der Waals surface area contributed by atoms with Crippen LogP contribution in [0.1, 0.15) is 6.92 Å². The Kier molecular flexibility index (Phi) is 4.59. The van der Waals surface area contributed by atoms with Crippen molar-refractivity contribution in [2.24, 2.45) is 0 Å². The van der Waals surface area contributed by atoms with E-state index in [1.807, 2.05) is 0 Å². The molecule has 0 rings (SSSR count). The smallest absolute Gasteiger partial charge is 0.315 e. The second-order valence-corrected chi connectivity index (χ2v) is 2.58. The van der Waals surface area contributed by atoms with Gasteiger partial charge in [0.15, 0.2) is 0 Å². The zero-order valence-corrected chi connectivity index (χ0v) is 8.21. The van der Waals surface area contributed by atoms with Crippen molar-refractivity contribution in [3.05, 3.63) is 11.8 Å². The predicted octanol–water partition coefficient (Wildman–Crippen LogP) is 3.18. The highest BCUT2D eigenvalue weighted by molar-refractivity contribution is 5.05. The van der Waals surface area contributed by atoms with Crippen LogP contribution in [-0.4, -0.2) is 31.0 Å². The molecule has 0 spiro atoms. The Hall–Kier alpha value is -0.990. The number of hydrogen-bond acceptors (Lipinski definition) is 2. The van der Waals surface area contributed by atoms with Gasteiger partial charge in [0.1, 0.15) is 0 Å². The summed E-state index contributed by atoms with van der Waals surface area (Å²) in [5.74, 6) is -5.67. The molecule has 0 aliphatic carbocycles. The molecule has 9 heteroatoms. The Morgan fingerprint density at radius 2 is 1.56 bits per heavy atom. The molecule has 0 heterocycles. The second-order valence-electron chi connectivity index (χ2n) is 2.58. The number of halogens is 7. The average Bonchev–Trinajstić information content (AvgIpc) is 2.12. The Morgan fingerprint density at radius 1 is 1.12 bits per heavy atom. The highest BCUT2D eigenvalue weighted by Gasteiger charge is 2.45. The minimum Gasteiger partial charge on any atom is -0.315 e. The van der Waals surface area contributed by atoms with Gasteiger partial charge in [-0.2, -0.15) is 30.7 Å². The highest BCUT2D eigenvalue weighted by Crippen LogP contribution is 2.34. The third kappa shape index (κ3) is 3.54. The third-order valence-corrected chi connectivity index (χ3v) is 1.44. The molecule has 0 aromatic carbocycles. The van der Waals surface area contributed by atoms with Crippen LogP contribution in [0.5, 0.6) is 0 Å². The number of alkyl halides is 5. The lowest BCUT2D eigenvalue weighted by Crippen LogP contribution is -2.35. The molecule has 0 aromatic heterocycles. The molecule has 0 bridgehead atoms. The SMILES string of the molecule is CCOC(F)(F)/C(F)=C(\F)N(C)C(F)(F)F. The van der Waals surface area contributed by atoms with Crippen LogP contribution in [0.25, 0.3) is 0 Å². The Labute approximate surface area is 86.3 Å². The van der Waals surface area contributed by atoms with E-state index in [-0.39, 0.29) is 7.05 Å². The maximum Gasteiger partial charge on any atom is 0.486 e. The molecule has 0 saturated heterocycles. The van der Waals surface area contributed by atoms with Gasteiger partial charge < -0.3 is 4.74 Å². The summed E-state index contributed by atoms with van der Waals surface area (Å²) < 4.78 is 89.3. The Bertz CT molecular complexity index is 272. The maximum atomic E-state index is 12.7. The average molecular weight is 255 g/mol. The first-order valence-electron chi connectivity index (χ1n) is 3.92. The molecule has 0 saturated carbocycles. The van der Waals surface area contributed by atoms with E-state index in [1.165, 1.54) is 0 Å². The molecule has 96 valence electrons. The van der Waals surface area contributed by atoms with E-state index < -0.39 is 35.7 Å². The van der Waals surface area contributed by atoms with E-state index in [2.05, 4.69) is 4.74 Å². The van der Waals surface area contributed by atoms with Crippen LogP contribution in [0.3, 0.4) is 0 Å². The fourth-order valence-electron chi connectivity index (χ4n) is 0.623. The summed E-state index contributed by atoms with van der Waals surface area (Å²) in [7, 11) is 0.0664. The lowest BCUT2D eigenvalue weighted by Gasteiger charge is -2.22. The van der Waals surface area contributed by atoms with E-state index >= 15 is 0 Å². The van der Waals surface area contributed by atoms with Crippen molar-refractivity contribution < 1.29 is 35.5 Å². The van der Waals surface area contributed by atoms with Gasteiger partial charge in [-0.25, -0.2) is 0 Å². The molecule has 0 aliphatic rings. The van der Waals surface area contributed by atoms with E-state index in [1.54, 1.807) is 0 Å². The van der Waals surface area contributed by atoms with Crippen molar-refractivity contribution in [3.63, 3.8) is 0 Å². The molecule has 0 aromatic rings. The van der Waals surface area contributed by atoms with Gasteiger partial charge >= 0.3 is 12.4 Å². The first-order chi connectivity index (χ1) is 7.04. The monoisotopic (exact) mass is 255 g/mol. The van der Waals surface area contributed by atoms with Gasteiger partial charge in [-0.1, -0.05) is 0 Å². The fourth-order valence-corrected chi connectivity index (χ4v) is 0.623. The molecule has 0 radical (unpaired) electrons. The van der Waals surface area contributed by atoms with Crippen LogP contribution >= 0.6 is 0 Å². The number of ether oxygens (including phenoxy) is 1. The largest absolute Gasteiger partial charge is 0.486 e. The van der Waals surface area contributed by atoms with Gasteiger partial charge in [-0.3, -0.25) is 4.90 Å². The van der Waals surface area contributed by atoms with Gasteiger partial charge in [0, 0.05) is 7.05 Å². The fraction of sp³-hybridized carbons (Fsp3) is 0.714. The van der Waals surface area contributed by atoms with Crippen LogP contribution in [-0.2, 0) is 4.74 Å². The zero-order valence-electron chi connectivity index (χ0n) is 8.21. The minimum absolute atomic E-state index is 0.0664. The molecule has 0 aliphatic heterocycles. The number of rotatable bonds is 4. The molecule has 0 fully saturated rings. The van der Waals surface area contributed by atoms with Gasteiger partial charge in [0.2, 0.25) is 5.95 Å². The molecule has 2 nitrogen and oxygen atoms in total. The molecule has 0 unspecified atom stereocenters. The van der Waals surface area contributed by atoms with Crippen molar-refractivity contribution in [2.45, 2.75) is 19.3 Å². The maximum absolute atomic E-state index is 12.7. The summed E-state index contributed by atoms with van der Waals surface area (Å²) in [6.07, 6.45) is -10.0. The molecule has 0 amide bonds. The van der Waals surface area contributed by atoms with Gasteiger partial charge in [0.05, 0.1) is 6.61 Å². The van der Waals surface area contributed by atoms with Gasteiger partial charge in [-0.15, -0.1) is 0 Å². The summed E-state index contributed by atoms with van der Waals surface area (Å²) in [5, 5.41) is 0. The van der Waals surface area contributed by atoms with E-state index in [0.29, 0.717) is 0 Å². The van der Waals surface area contributed by atoms with Crippen molar-refractivity contribution in [1.29, 1.82) is 0 Å². The van der Waals surface area contributed by atoms with Crippen LogP contribution in [0.15, 0.2) is 11.8 Å². The topological polar surface area (TPSA) is 12.5 Å². The lowest BCUT2D eigenvalue weighted by atomic mass is 10.5. The zero-order chi connectivity index (χ0) is 13.1. The first kappa shape index (κ1) is 15.0. The third-order valence-electron chi connectivity index (χ3n) is 1.44. The quantitative estimate of drug-likeness (QED) is 0.565. The van der Waals surface area contributed by atoms with Crippen molar-refractivity contribution >= 4 is 0 Å². The lowest BCUT2D eigenvalue weighted by molar-refractivity contribution is -0.241. The van der Waals surface area contributed by atoms with Crippen LogP contribution in [0.4, 0.5) is 30.7 Å². The molecule has 16 heavy (non-hydrogen) atoms. The summed E-state index contributed by atoms with van der Waals surface area (Å²) in [4.78, 5) is -1.21.